The summed E-state index contributed by atoms with van der Waals surface area (Å²) < 4.78 is 31.7. The lowest BCUT2D eigenvalue weighted by molar-refractivity contribution is 0.482. The molecule has 0 saturated heterocycles. The van der Waals surface area contributed by atoms with Crippen LogP contribution in [0, 0.1) is 13.8 Å². The quantitative estimate of drug-likeness (QED) is 0.879. The molecule has 0 bridgehead atoms. The van der Waals surface area contributed by atoms with Gasteiger partial charge in [0, 0.05) is 0 Å². The van der Waals surface area contributed by atoms with Crippen LogP contribution in [0.3, 0.4) is 0 Å². The molecule has 2 aromatic carbocycles. The maximum atomic E-state index is 11.3. The van der Waals surface area contributed by atoms with E-state index in [2.05, 4.69) is 24.3 Å². The van der Waals surface area contributed by atoms with Gasteiger partial charge in [0.25, 0.3) is 10.1 Å². The fourth-order valence-corrected chi connectivity index (χ4v) is 2.90. The summed E-state index contributed by atoms with van der Waals surface area (Å²) in [5.41, 5.74) is 3.90. The molecular formula is C16H18O3S. The molecule has 0 radical (unpaired) electrons. The number of aryl methyl sites for hydroxylation is 4. The molecule has 106 valence electrons. The van der Waals surface area contributed by atoms with Crippen molar-refractivity contribution in [2.75, 3.05) is 0 Å². The van der Waals surface area contributed by atoms with Crippen LogP contribution in [-0.2, 0) is 23.0 Å². The lowest BCUT2D eigenvalue weighted by atomic mass is 10.0. The van der Waals surface area contributed by atoms with Crippen LogP contribution in [-0.4, -0.2) is 13.0 Å². The Hall–Kier alpha value is -1.65. The smallest absolute Gasteiger partial charge is 0.282 e. The van der Waals surface area contributed by atoms with Gasteiger partial charge in [-0.05, 0) is 49.4 Å². The van der Waals surface area contributed by atoms with E-state index in [0.717, 1.165) is 18.4 Å². The lowest BCUT2D eigenvalue weighted by Gasteiger charge is -2.07. The van der Waals surface area contributed by atoms with Gasteiger partial charge in [-0.1, -0.05) is 42.0 Å². The van der Waals surface area contributed by atoms with Crippen LogP contribution in [0.5, 0.6) is 0 Å². The van der Waals surface area contributed by atoms with Crippen molar-refractivity contribution in [1.82, 2.24) is 0 Å². The van der Waals surface area contributed by atoms with E-state index in [1.54, 1.807) is 19.1 Å². The first-order chi connectivity index (χ1) is 9.36. The van der Waals surface area contributed by atoms with E-state index < -0.39 is 10.1 Å². The van der Waals surface area contributed by atoms with Gasteiger partial charge in [-0.2, -0.15) is 8.42 Å². The predicted molar refractivity (Wildman–Crippen MR) is 79.6 cm³/mol. The summed E-state index contributed by atoms with van der Waals surface area (Å²) in [4.78, 5) is -0.00101. The van der Waals surface area contributed by atoms with Gasteiger partial charge in [0.1, 0.15) is 0 Å². The summed E-state index contributed by atoms with van der Waals surface area (Å²) in [7, 11) is -4.14. The molecule has 0 unspecified atom stereocenters. The third kappa shape index (κ3) is 3.68. The van der Waals surface area contributed by atoms with E-state index in [-0.39, 0.29) is 4.90 Å². The largest absolute Gasteiger partial charge is 0.294 e. The zero-order valence-electron chi connectivity index (χ0n) is 11.6. The molecule has 0 spiro atoms. The summed E-state index contributed by atoms with van der Waals surface area (Å²) in [6, 6.07) is 13.5. The third-order valence-electron chi connectivity index (χ3n) is 3.35. The summed E-state index contributed by atoms with van der Waals surface area (Å²) in [5.74, 6) is 0. The minimum atomic E-state index is -4.14. The molecule has 0 atom stereocenters. The Morgan fingerprint density at radius 1 is 0.900 bits per heavy atom. The van der Waals surface area contributed by atoms with Crippen molar-refractivity contribution < 1.29 is 13.0 Å². The number of hydrogen-bond donors (Lipinski definition) is 1. The van der Waals surface area contributed by atoms with Gasteiger partial charge in [0.15, 0.2) is 0 Å². The highest BCUT2D eigenvalue weighted by molar-refractivity contribution is 7.85. The fourth-order valence-electron chi connectivity index (χ4n) is 2.12. The predicted octanol–water partition coefficient (Wildman–Crippen LogP) is 3.34. The van der Waals surface area contributed by atoms with Crippen molar-refractivity contribution >= 4 is 10.1 Å². The Labute approximate surface area is 120 Å². The van der Waals surface area contributed by atoms with E-state index in [1.165, 1.54) is 11.1 Å². The van der Waals surface area contributed by atoms with Gasteiger partial charge in [-0.3, -0.25) is 4.55 Å². The molecule has 0 aliphatic carbocycles. The second kappa shape index (κ2) is 5.77. The number of benzene rings is 2. The van der Waals surface area contributed by atoms with Gasteiger partial charge in [0.2, 0.25) is 0 Å². The summed E-state index contributed by atoms with van der Waals surface area (Å²) in [6.45, 7) is 3.72. The number of rotatable bonds is 4. The maximum Gasteiger partial charge on any atom is 0.294 e. The van der Waals surface area contributed by atoms with Crippen molar-refractivity contribution in [3.8, 4) is 0 Å². The SMILES string of the molecule is Cc1ccc(CCc2ccc(C)c(S(=O)(=O)O)c2)cc1. The van der Waals surface area contributed by atoms with E-state index in [9.17, 15) is 13.0 Å². The minimum absolute atomic E-state index is 0.00101. The Bertz CT molecular complexity index is 701. The highest BCUT2D eigenvalue weighted by Gasteiger charge is 2.13. The van der Waals surface area contributed by atoms with Gasteiger partial charge >= 0.3 is 0 Å². The van der Waals surface area contributed by atoms with Crippen LogP contribution < -0.4 is 0 Å². The first-order valence-corrected chi connectivity index (χ1v) is 7.93. The van der Waals surface area contributed by atoms with Crippen LogP contribution in [0.4, 0.5) is 0 Å². The first kappa shape index (κ1) is 14.8. The third-order valence-corrected chi connectivity index (χ3v) is 4.35. The highest BCUT2D eigenvalue weighted by atomic mass is 32.2. The van der Waals surface area contributed by atoms with Crippen molar-refractivity contribution in [2.45, 2.75) is 31.6 Å². The molecule has 0 saturated carbocycles. The summed E-state index contributed by atoms with van der Waals surface area (Å²) in [6.07, 6.45) is 1.58. The molecule has 1 N–H and O–H groups in total. The molecule has 0 fully saturated rings. The van der Waals surface area contributed by atoms with Gasteiger partial charge in [0.05, 0.1) is 4.90 Å². The zero-order valence-corrected chi connectivity index (χ0v) is 12.4. The number of hydrogen-bond acceptors (Lipinski definition) is 2. The maximum absolute atomic E-state index is 11.3. The standard InChI is InChI=1S/C16H18O3S/c1-12-3-6-14(7-4-12)9-10-15-8-5-13(2)16(11-15)20(17,18)19/h3-8,11H,9-10H2,1-2H3,(H,17,18,19). The average Bonchev–Trinajstić information content (AvgIpc) is 2.38. The fraction of sp³-hybridized carbons (Fsp3) is 0.250. The molecule has 2 aromatic rings. The minimum Gasteiger partial charge on any atom is -0.282 e. The molecule has 2 rings (SSSR count). The summed E-state index contributed by atoms with van der Waals surface area (Å²) in [5, 5.41) is 0. The highest BCUT2D eigenvalue weighted by Crippen LogP contribution is 2.18. The van der Waals surface area contributed by atoms with Crippen LogP contribution in [0.2, 0.25) is 0 Å². The molecule has 0 heterocycles. The lowest BCUT2D eigenvalue weighted by Crippen LogP contribution is -2.02. The van der Waals surface area contributed by atoms with Crippen LogP contribution >= 0.6 is 0 Å². The molecule has 3 nitrogen and oxygen atoms in total. The molecule has 0 aromatic heterocycles. The van der Waals surface area contributed by atoms with Crippen molar-refractivity contribution in [1.29, 1.82) is 0 Å². The molecule has 0 aliphatic heterocycles. The van der Waals surface area contributed by atoms with Gasteiger partial charge in [-0.25, -0.2) is 0 Å². The monoisotopic (exact) mass is 290 g/mol. The molecule has 4 heteroatoms. The topological polar surface area (TPSA) is 54.4 Å². The van der Waals surface area contributed by atoms with E-state index in [0.29, 0.717) is 5.56 Å². The van der Waals surface area contributed by atoms with Crippen molar-refractivity contribution in [3.63, 3.8) is 0 Å². The molecule has 0 aliphatic rings. The van der Waals surface area contributed by atoms with Crippen LogP contribution in [0.1, 0.15) is 22.3 Å². The van der Waals surface area contributed by atoms with Gasteiger partial charge in [-0.15, -0.1) is 0 Å². The average molecular weight is 290 g/mol. The zero-order chi connectivity index (χ0) is 14.8. The van der Waals surface area contributed by atoms with Crippen molar-refractivity contribution in [3.05, 3.63) is 64.7 Å². The van der Waals surface area contributed by atoms with E-state index in [4.69, 9.17) is 0 Å². The molecule has 20 heavy (non-hydrogen) atoms. The Balaban J connectivity index is 2.16. The van der Waals surface area contributed by atoms with Gasteiger partial charge < -0.3 is 0 Å². The summed E-state index contributed by atoms with van der Waals surface area (Å²) >= 11 is 0. The van der Waals surface area contributed by atoms with Crippen molar-refractivity contribution in [2.24, 2.45) is 0 Å². The van der Waals surface area contributed by atoms with Crippen LogP contribution in [0.25, 0.3) is 0 Å². The van der Waals surface area contributed by atoms with E-state index in [1.807, 2.05) is 13.0 Å². The Kier molecular flexibility index (Phi) is 4.26. The molecule has 0 amide bonds. The van der Waals surface area contributed by atoms with Crippen LogP contribution in [0.15, 0.2) is 47.4 Å². The van der Waals surface area contributed by atoms with E-state index >= 15 is 0 Å². The Morgan fingerprint density at radius 2 is 1.45 bits per heavy atom. The first-order valence-electron chi connectivity index (χ1n) is 6.49. The second-order valence-corrected chi connectivity index (χ2v) is 6.45. The second-order valence-electron chi connectivity index (χ2n) is 5.06. The Morgan fingerprint density at radius 3 is 2.05 bits per heavy atom. The normalized spacial score (nSPS) is 11.6. The molecular weight excluding hydrogens is 272 g/mol.